The maximum atomic E-state index is 5.20. The van der Waals surface area contributed by atoms with E-state index in [1.165, 1.54) is 113 Å². The summed E-state index contributed by atoms with van der Waals surface area (Å²) < 4.78 is 7.28. The summed E-state index contributed by atoms with van der Waals surface area (Å²) in [6, 6.07) is 47.8. The van der Waals surface area contributed by atoms with Crippen molar-refractivity contribution in [2.24, 2.45) is 0 Å². The lowest BCUT2D eigenvalue weighted by molar-refractivity contribution is 0.361. The van der Waals surface area contributed by atoms with Gasteiger partial charge < -0.3 is 13.7 Å². The number of rotatable bonds is 9. The molecule has 69 heavy (non-hydrogen) atoms. The number of fused-ring (bicyclic) bond motifs is 3. The number of imidazole rings is 3. The number of benzene rings is 4. The molecule has 13 rings (SSSR count). The molecule has 0 N–H and O–H groups in total. The molecular formula is C60H57N9. The summed E-state index contributed by atoms with van der Waals surface area (Å²) in [5.41, 5.74) is 16.2. The first kappa shape index (κ1) is 41.9. The number of nitrogens with zero attached hydrogens (tertiary/aromatic N) is 9. The molecule has 3 aliphatic rings. The van der Waals surface area contributed by atoms with E-state index in [0.717, 1.165) is 84.3 Å². The van der Waals surface area contributed by atoms with Crippen molar-refractivity contribution in [2.45, 2.75) is 114 Å². The van der Waals surface area contributed by atoms with E-state index < -0.39 is 0 Å². The lowest BCUT2D eigenvalue weighted by atomic mass is 9.92. The number of hydrogen-bond acceptors (Lipinski definition) is 6. The maximum Gasteiger partial charge on any atom is 0.160 e. The molecule has 0 spiro atoms. The topological polar surface area (TPSA) is 92.1 Å². The fourth-order valence-electron chi connectivity index (χ4n) is 12.0. The van der Waals surface area contributed by atoms with E-state index in [4.69, 9.17) is 29.9 Å². The Balaban J connectivity index is 0.891. The zero-order valence-electron chi connectivity index (χ0n) is 39.2. The molecule has 9 heteroatoms. The van der Waals surface area contributed by atoms with Crippen LogP contribution < -0.4 is 0 Å². The monoisotopic (exact) mass is 903 g/mol. The quantitative estimate of drug-likeness (QED) is 0.143. The van der Waals surface area contributed by atoms with Crippen LogP contribution in [0.5, 0.6) is 0 Å². The molecule has 9 nitrogen and oxygen atoms in total. The van der Waals surface area contributed by atoms with Gasteiger partial charge in [0.15, 0.2) is 16.9 Å². The molecule has 10 aromatic rings. The summed E-state index contributed by atoms with van der Waals surface area (Å²) in [5.74, 6) is 3.03. The largest absolute Gasteiger partial charge is 0.306 e. The average molecular weight is 904 g/mol. The molecule has 0 bridgehead atoms. The van der Waals surface area contributed by atoms with E-state index in [1.54, 1.807) is 0 Å². The molecule has 6 aromatic heterocycles. The van der Waals surface area contributed by atoms with Crippen LogP contribution in [0.2, 0.25) is 0 Å². The van der Waals surface area contributed by atoms with Gasteiger partial charge in [0.25, 0.3) is 0 Å². The molecule has 0 atom stereocenters. The summed E-state index contributed by atoms with van der Waals surface area (Å²) in [5, 5.41) is 0. The molecule has 0 unspecified atom stereocenters. The van der Waals surface area contributed by atoms with E-state index in [-0.39, 0.29) is 0 Å². The van der Waals surface area contributed by atoms with Gasteiger partial charge in [-0.25, -0.2) is 29.9 Å². The van der Waals surface area contributed by atoms with Crippen LogP contribution >= 0.6 is 0 Å². The van der Waals surface area contributed by atoms with Crippen molar-refractivity contribution in [3.63, 3.8) is 0 Å². The maximum absolute atomic E-state index is 5.20. The first-order valence-electron chi connectivity index (χ1n) is 25.7. The summed E-state index contributed by atoms with van der Waals surface area (Å²) in [7, 11) is 0. The van der Waals surface area contributed by atoms with Crippen LogP contribution in [0.3, 0.4) is 0 Å². The molecular weight excluding hydrogens is 847 g/mol. The molecule has 3 fully saturated rings. The third-order valence-electron chi connectivity index (χ3n) is 15.5. The Morgan fingerprint density at radius 2 is 0.551 bits per heavy atom. The highest BCUT2D eigenvalue weighted by atomic mass is 15.2. The van der Waals surface area contributed by atoms with Crippen molar-refractivity contribution in [1.82, 2.24) is 43.6 Å². The van der Waals surface area contributed by atoms with Crippen LogP contribution in [-0.4, -0.2) is 43.6 Å². The van der Waals surface area contributed by atoms with Crippen molar-refractivity contribution in [2.75, 3.05) is 0 Å². The SMILES string of the molecule is c1cnc2c(c1)nc(-c1ccc(-c3cc(-c4ccc(-c5nc6cccnc6n5C5CCCCC5)cc4)cc(-c4ccc(-c5nc6cccnc6n5C5CCCCC5)cc4)c3)cc1)n2C1CCCCC1. The van der Waals surface area contributed by atoms with E-state index in [1.807, 2.05) is 36.8 Å². The fourth-order valence-corrected chi connectivity index (χ4v) is 12.0. The molecule has 342 valence electrons. The Bertz CT molecular complexity index is 3060. The normalized spacial score (nSPS) is 16.5. The van der Waals surface area contributed by atoms with Gasteiger partial charge in [0.2, 0.25) is 0 Å². The predicted molar refractivity (Wildman–Crippen MR) is 279 cm³/mol. The van der Waals surface area contributed by atoms with Crippen LogP contribution in [0.1, 0.15) is 114 Å². The van der Waals surface area contributed by atoms with E-state index in [0.29, 0.717) is 18.1 Å². The standard InChI is InChI=1S/C60H57N9/c1-4-13-49(14-5-1)67-55(64-52-19-10-34-61-58(52)67)43-28-22-40(23-29-43)46-37-47(41-24-30-44(31-25-41)56-65-53-20-11-35-62-59(53)68(56)50-15-6-2-7-16-50)39-48(38-46)42-26-32-45(33-27-42)57-66-54-21-12-36-63-60(54)69(57)51-17-8-3-9-18-51/h10-12,19-39,49-51H,1-9,13-18H2. The molecule has 0 aliphatic heterocycles. The Hall–Kier alpha value is -7.26. The van der Waals surface area contributed by atoms with Crippen molar-refractivity contribution in [3.05, 3.63) is 146 Å². The number of pyridine rings is 3. The van der Waals surface area contributed by atoms with Gasteiger partial charge in [-0.05, 0) is 127 Å². The van der Waals surface area contributed by atoms with Crippen LogP contribution in [0.15, 0.2) is 146 Å². The van der Waals surface area contributed by atoms with Gasteiger partial charge in [0.1, 0.15) is 34.0 Å². The van der Waals surface area contributed by atoms with Crippen molar-refractivity contribution < 1.29 is 0 Å². The second-order valence-corrected chi connectivity index (χ2v) is 19.9. The summed E-state index contributed by atoms with van der Waals surface area (Å²) in [4.78, 5) is 30.1. The smallest absolute Gasteiger partial charge is 0.160 e. The minimum atomic E-state index is 0.413. The zero-order chi connectivity index (χ0) is 45.7. The second-order valence-electron chi connectivity index (χ2n) is 19.9. The number of hydrogen-bond donors (Lipinski definition) is 0. The van der Waals surface area contributed by atoms with Crippen molar-refractivity contribution in [1.29, 1.82) is 0 Å². The molecule has 3 aliphatic carbocycles. The molecule has 3 saturated carbocycles. The summed E-state index contributed by atoms with van der Waals surface area (Å²) in [6.07, 6.45) is 24.1. The highest BCUT2D eigenvalue weighted by Gasteiger charge is 2.26. The Morgan fingerprint density at radius 3 is 0.826 bits per heavy atom. The number of aromatic nitrogens is 9. The average Bonchev–Trinajstić information content (AvgIpc) is 4.14. The minimum absolute atomic E-state index is 0.413. The van der Waals surface area contributed by atoms with Gasteiger partial charge in [0.05, 0.1) is 0 Å². The first-order chi connectivity index (χ1) is 34.2. The third-order valence-corrected chi connectivity index (χ3v) is 15.5. The van der Waals surface area contributed by atoms with Crippen molar-refractivity contribution >= 4 is 33.5 Å². The Labute approximate surface area is 403 Å². The van der Waals surface area contributed by atoms with Gasteiger partial charge >= 0.3 is 0 Å². The highest BCUT2D eigenvalue weighted by molar-refractivity contribution is 5.85. The first-order valence-corrected chi connectivity index (χ1v) is 25.7. The van der Waals surface area contributed by atoms with Gasteiger partial charge in [-0.2, -0.15) is 0 Å². The lowest BCUT2D eigenvalue weighted by Crippen LogP contribution is -2.14. The Kier molecular flexibility index (Phi) is 10.9. The van der Waals surface area contributed by atoms with Gasteiger partial charge in [-0.1, -0.05) is 131 Å². The molecule has 0 radical (unpaired) electrons. The molecule has 0 amide bonds. The second kappa shape index (κ2) is 18.0. The van der Waals surface area contributed by atoms with Crippen molar-refractivity contribution in [3.8, 4) is 67.5 Å². The molecule has 0 saturated heterocycles. The van der Waals surface area contributed by atoms with Crippen LogP contribution in [0.4, 0.5) is 0 Å². The summed E-state index contributed by atoms with van der Waals surface area (Å²) >= 11 is 0. The zero-order valence-corrected chi connectivity index (χ0v) is 39.2. The van der Waals surface area contributed by atoms with E-state index in [2.05, 4.69) is 123 Å². The molecule has 4 aromatic carbocycles. The fraction of sp³-hybridized carbons (Fsp3) is 0.300. The van der Waals surface area contributed by atoms with E-state index in [9.17, 15) is 0 Å². The lowest BCUT2D eigenvalue weighted by Gasteiger charge is -2.25. The van der Waals surface area contributed by atoms with Gasteiger partial charge in [-0.15, -0.1) is 0 Å². The van der Waals surface area contributed by atoms with Crippen LogP contribution in [0.25, 0.3) is 101 Å². The van der Waals surface area contributed by atoms with E-state index >= 15 is 0 Å². The van der Waals surface area contributed by atoms with Crippen LogP contribution in [-0.2, 0) is 0 Å². The predicted octanol–water partition coefficient (Wildman–Crippen LogP) is 15.4. The molecule has 6 heterocycles. The highest BCUT2D eigenvalue weighted by Crippen LogP contribution is 2.41. The van der Waals surface area contributed by atoms with Gasteiger partial charge in [-0.3, -0.25) is 0 Å². The van der Waals surface area contributed by atoms with Crippen LogP contribution in [0, 0.1) is 0 Å². The third kappa shape index (κ3) is 7.82. The van der Waals surface area contributed by atoms with Gasteiger partial charge in [0, 0.05) is 53.4 Å². The summed E-state index contributed by atoms with van der Waals surface area (Å²) in [6.45, 7) is 0. The Morgan fingerprint density at radius 1 is 0.290 bits per heavy atom. The minimum Gasteiger partial charge on any atom is -0.306 e.